The van der Waals surface area contributed by atoms with Crippen LogP contribution in [0.1, 0.15) is 40.0 Å². The highest BCUT2D eigenvalue weighted by Gasteiger charge is 2.57. The van der Waals surface area contributed by atoms with E-state index in [2.05, 4.69) is 5.32 Å². The minimum absolute atomic E-state index is 0.0799. The van der Waals surface area contributed by atoms with E-state index in [0.717, 1.165) is 37.5 Å². The number of furan rings is 1. The number of rotatable bonds is 6. The summed E-state index contributed by atoms with van der Waals surface area (Å²) in [5.41, 5.74) is 4.31. The first-order chi connectivity index (χ1) is 17.7. The van der Waals surface area contributed by atoms with Crippen molar-refractivity contribution in [3.63, 3.8) is 0 Å². The zero-order valence-corrected chi connectivity index (χ0v) is 19.2. The largest absolute Gasteiger partial charge is 0.455 e. The van der Waals surface area contributed by atoms with Crippen molar-refractivity contribution in [2.75, 3.05) is 0 Å². The number of primary amides is 1. The highest BCUT2D eigenvalue weighted by Crippen LogP contribution is 2.57. The molecule has 3 saturated carbocycles. The van der Waals surface area contributed by atoms with E-state index in [9.17, 15) is 24.1 Å². The molecule has 1 aromatic heterocycles. The van der Waals surface area contributed by atoms with Gasteiger partial charge in [0.15, 0.2) is 0 Å². The molecule has 0 unspecified atom stereocenters. The smallest absolute Gasteiger partial charge is 0.283 e. The van der Waals surface area contributed by atoms with Crippen LogP contribution < -0.4 is 11.1 Å². The topological polar surface area (TPSA) is 128 Å². The Morgan fingerprint density at radius 3 is 2.35 bits per heavy atom. The third-order valence-corrected chi connectivity index (χ3v) is 7.28. The maximum Gasteiger partial charge on any atom is 0.283 e. The fourth-order valence-corrected chi connectivity index (χ4v) is 5.42. The molecule has 0 aliphatic heterocycles. The van der Waals surface area contributed by atoms with E-state index in [1.807, 2.05) is 0 Å². The van der Waals surface area contributed by atoms with Gasteiger partial charge in [0, 0.05) is 16.7 Å². The normalized spacial score (nSPS) is 19.7. The van der Waals surface area contributed by atoms with Gasteiger partial charge >= 0.3 is 0 Å². The molecule has 7 rings (SSSR count). The van der Waals surface area contributed by atoms with Crippen molar-refractivity contribution in [2.24, 2.45) is 11.7 Å². The van der Waals surface area contributed by atoms with Gasteiger partial charge in [-0.3, -0.25) is 19.7 Å². The molecule has 1 heterocycles. The first kappa shape index (κ1) is 22.8. The number of nitro benzene ring substituents is 1. The minimum atomic E-state index is -1.09. The van der Waals surface area contributed by atoms with Crippen LogP contribution >= 0.6 is 0 Å². The Balaban J connectivity index is 1.52. The number of carbonyl (C=O) groups is 2. The van der Waals surface area contributed by atoms with Gasteiger partial charge in [0.1, 0.15) is 23.0 Å². The number of amides is 2. The summed E-state index contributed by atoms with van der Waals surface area (Å²) in [5.74, 6) is -2.48. The summed E-state index contributed by atoms with van der Waals surface area (Å²) >= 11 is 0. The zero-order chi connectivity index (χ0) is 26.1. The second kappa shape index (κ2) is 7.95. The summed E-state index contributed by atoms with van der Waals surface area (Å²) < 4.78 is 35.2. The Hall–Kier alpha value is -4.60. The second-order valence-electron chi connectivity index (χ2n) is 9.69. The number of nitro groups is 1. The van der Waals surface area contributed by atoms with Crippen molar-refractivity contribution in [3.8, 4) is 22.5 Å². The van der Waals surface area contributed by atoms with E-state index < -0.39 is 33.7 Å². The Morgan fingerprint density at radius 2 is 1.76 bits per heavy atom. The molecule has 3 aromatic carbocycles. The van der Waals surface area contributed by atoms with Crippen LogP contribution in [0.15, 0.2) is 59.0 Å². The molecule has 0 radical (unpaired) electrons. The number of nitrogens with two attached hydrogens (primary N) is 1. The van der Waals surface area contributed by atoms with E-state index in [0.29, 0.717) is 5.92 Å². The molecule has 186 valence electrons. The lowest BCUT2D eigenvalue weighted by molar-refractivity contribution is -0.384. The van der Waals surface area contributed by atoms with Gasteiger partial charge in [0.2, 0.25) is 0 Å². The number of benzene rings is 3. The summed E-state index contributed by atoms with van der Waals surface area (Å²) in [6, 6.07) is 11.8. The van der Waals surface area contributed by atoms with Crippen molar-refractivity contribution in [1.29, 1.82) is 0 Å². The maximum atomic E-state index is 16.1. The molecule has 8 nitrogen and oxygen atoms in total. The number of halogens is 2. The third kappa shape index (κ3) is 3.55. The van der Waals surface area contributed by atoms with Crippen LogP contribution in [0.5, 0.6) is 0 Å². The summed E-state index contributed by atoms with van der Waals surface area (Å²) in [6.07, 6.45) is 2.80. The number of hydrogen-bond acceptors (Lipinski definition) is 5. The molecule has 4 aromatic rings. The lowest BCUT2D eigenvalue weighted by atomic mass is 9.50. The Labute approximate surface area is 208 Å². The Bertz CT molecular complexity index is 1630. The highest BCUT2D eigenvalue weighted by atomic mass is 19.1. The number of fused-ring (bicyclic) bond motifs is 1. The Kier molecular flexibility index (Phi) is 4.91. The van der Waals surface area contributed by atoms with E-state index in [1.165, 1.54) is 30.3 Å². The summed E-state index contributed by atoms with van der Waals surface area (Å²) in [5, 5.41) is 14.6. The van der Waals surface area contributed by atoms with Gasteiger partial charge in [0.25, 0.3) is 17.5 Å². The number of hydrogen-bond donors (Lipinski definition) is 2. The first-order valence-corrected chi connectivity index (χ1v) is 11.6. The fourth-order valence-electron chi connectivity index (χ4n) is 5.42. The van der Waals surface area contributed by atoms with Gasteiger partial charge in [-0.05, 0) is 67.1 Å². The van der Waals surface area contributed by atoms with Gasteiger partial charge in [-0.15, -0.1) is 0 Å². The number of nitrogens with one attached hydrogen (secondary N) is 1. The first-order valence-electron chi connectivity index (χ1n) is 11.6. The molecule has 3 N–H and O–H groups in total. The molecular weight excluding hydrogens is 484 g/mol. The highest BCUT2D eigenvalue weighted by molar-refractivity contribution is 6.12. The van der Waals surface area contributed by atoms with Gasteiger partial charge < -0.3 is 15.5 Å². The van der Waals surface area contributed by atoms with Crippen LogP contribution in [-0.4, -0.2) is 22.3 Å². The summed E-state index contributed by atoms with van der Waals surface area (Å²) in [4.78, 5) is 36.5. The molecule has 2 bridgehead atoms. The molecule has 0 spiro atoms. The van der Waals surface area contributed by atoms with Crippen molar-refractivity contribution in [3.05, 3.63) is 87.5 Å². The van der Waals surface area contributed by atoms with Gasteiger partial charge in [-0.25, -0.2) is 8.78 Å². The molecule has 3 fully saturated rings. The standard InChI is InChI=1S/C27H19F2N3O5/c28-17-6-4-14(5-7-17)24-22(25(30)33)21-19(37-24)9-18(32(35)36)20(23(21)29)15-2-1-3-16(8-15)26(34)31-27-10-13(11-27)12-27/h1-9,13H,10-12H2,(H2,30,33)(H,31,34). The lowest BCUT2D eigenvalue weighted by Crippen LogP contribution is -2.68. The van der Waals surface area contributed by atoms with Crippen molar-refractivity contribution in [2.45, 2.75) is 24.8 Å². The van der Waals surface area contributed by atoms with Crippen LogP contribution in [0.25, 0.3) is 33.4 Å². The van der Waals surface area contributed by atoms with Crippen LogP contribution in [0.4, 0.5) is 14.5 Å². The number of nitrogens with zero attached hydrogens (tertiary/aromatic N) is 1. The van der Waals surface area contributed by atoms with E-state index in [-0.39, 0.29) is 50.4 Å². The predicted octanol–water partition coefficient (Wildman–Crippen LogP) is 5.33. The summed E-state index contributed by atoms with van der Waals surface area (Å²) in [7, 11) is 0. The minimum Gasteiger partial charge on any atom is -0.455 e. The van der Waals surface area contributed by atoms with E-state index in [4.69, 9.17) is 10.2 Å². The molecule has 3 aliphatic rings. The molecule has 37 heavy (non-hydrogen) atoms. The molecule has 3 aliphatic carbocycles. The Morgan fingerprint density at radius 1 is 1.05 bits per heavy atom. The van der Waals surface area contributed by atoms with E-state index in [1.54, 1.807) is 6.07 Å². The van der Waals surface area contributed by atoms with Gasteiger partial charge in [-0.1, -0.05) is 12.1 Å². The maximum absolute atomic E-state index is 16.1. The molecule has 0 atom stereocenters. The second-order valence-corrected chi connectivity index (χ2v) is 9.69. The fraction of sp³-hybridized carbons (Fsp3) is 0.185. The third-order valence-electron chi connectivity index (χ3n) is 7.28. The monoisotopic (exact) mass is 503 g/mol. The lowest BCUT2D eigenvalue weighted by Gasteiger charge is -2.61. The van der Waals surface area contributed by atoms with Crippen molar-refractivity contribution < 1.29 is 27.7 Å². The predicted molar refractivity (Wildman–Crippen MR) is 130 cm³/mol. The van der Waals surface area contributed by atoms with Crippen LogP contribution in [0.2, 0.25) is 0 Å². The van der Waals surface area contributed by atoms with Crippen molar-refractivity contribution in [1.82, 2.24) is 5.32 Å². The molecule has 0 saturated heterocycles. The average molecular weight is 503 g/mol. The molecule has 2 amide bonds. The van der Waals surface area contributed by atoms with Gasteiger partial charge in [0.05, 0.1) is 27.5 Å². The van der Waals surface area contributed by atoms with Crippen LogP contribution in [0.3, 0.4) is 0 Å². The quantitative estimate of drug-likeness (QED) is 0.271. The SMILES string of the molecule is NC(=O)c1c(-c2ccc(F)cc2)oc2cc([N+](=O)[O-])c(-c3cccc(C(=O)NC45CC(C4)C5)c3)c(F)c12. The van der Waals surface area contributed by atoms with Gasteiger partial charge in [-0.2, -0.15) is 0 Å². The average Bonchev–Trinajstić information content (AvgIpc) is 3.21. The zero-order valence-electron chi connectivity index (χ0n) is 19.2. The van der Waals surface area contributed by atoms with Crippen LogP contribution in [-0.2, 0) is 0 Å². The van der Waals surface area contributed by atoms with E-state index >= 15 is 4.39 Å². The van der Waals surface area contributed by atoms with Crippen LogP contribution in [0, 0.1) is 27.7 Å². The molecular formula is C27H19F2N3O5. The molecule has 10 heteroatoms. The van der Waals surface area contributed by atoms with Crippen molar-refractivity contribution >= 4 is 28.5 Å². The summed E-state index contributed by atoms with van der Waals surface area (Å²) in [6.45, 7) is 0. The number of carbonyl (C=O) groups excluding carboxylic acids is 2.